The van der Waals surface area contributed by atoms with Crippen molar-refractivity contribution in [3.8, 4) is 0 Å². The quantitative estimate of drug-likeness (QED) is 0.469. The van der Waals surface area contributed by atoms with Crippen molar-refractivity contribution in [2.24, 2.45) is 5.14 Å². The lowest BCUT2D eigenvalue weighted by Crippen LogP contribution is -2.23. The highest BCUT2D eigenvalue weighted by Crippen LogP contribution is 2.23. The first-order chi connectivity index (χ1) is 9.33. The molecule has 0 aliphatic carbocycles. The number of sulfonamides is 1. The molecule has 0 aliphatic rings. The summed E-state index contributed by atoms with van der Waals surface area (Å²) in [7, 11) is -3.63. The van der Waals surface area contributed by atoms with Gasteiger partial charge in [-0.1, -0.05) is 6.92 Å². The van der Waals surface area contributed by atoms with E-state index in [1.165, 1.54) is 12.1 Å². The van der Waals surface area contributed by atoms with Crippen molar-refractivity contribution in [1.82, 2.24) is 4.98 Å². The average Bonchev–Trinajstić information content (AvgIpc) is 2.34. The van der Waals surface area contributed by atoms with Crippen LogP contribution in [0.25, 0.3) is 0 Å². The van der Waals surface area contributed by atoms with Crippen LogP contribution < -0.4 is 15.8 Å². The van der Waals surface area contributed by atoms with Gasteiger partial charge in [0, 0.05) is 19.2 Å². The van der Waals surface area contributed by atoms with E-state index in [0.29, 0.717) is 12.4 Å². The van der Waals surface area contributed by atoms with E-state index in [-0.39, 0.29) is 23.8 Å². The van der Waals surface area contributed by atoms with Crippen molar-refractivity contribution >= 4 is 27.3 Å². The van der Waals surface area contributed by atoms with Gasteiger partial charge in [-0.05, 0) is 12.5 Å². The normalized spacial score (nSPS) is 11.1. The molecule has 9 nitrogen and oxygen atoms in total. The van der Waals surface area contributed by atoms with Crippen LogP contribution in [0.1, 0.15) is 13.3 Å². The maximum Gasteiger partial charge on any atom is 0.311 e. The third-order valence-electron chi connectivity index (χ3n) is 2.31. The molecule has 4 N–H and O–H groups in total. The molecule has 0 saturated carbocycles. The van der Waals surface area contributed by atoms with Gasteiger partial charge in [0.25, 0.3) is 0 Å². The summed E-state index contributed by atoms with van der Waals surface area (Å²) in [5, 5.41) is 21.3. The van der Waals surface area contributed by atoms with E-state index >= 15 is 0 Å². The number of nitro groups is 1. The highest BCUT2D eigenvalue weighted by atomic mass is 32.2. The second-order valence-electron chi connectivity index (χ2n) is 4.04. The number of nitrogens with one attached hydrogen (secondary N) is 2. The molecule has 0 saturated heterocycles. The Morgan fingerprint density at radius 1 is 1.35 bits per heavy atom. The summed E-state index contributed by atoms with van der Waals surface area (Å²) in [6.07, 6.45) is 0.882. The van der Waals surface area contributed by atoms with Crippen LogP contribution in [0, 0.1) is 10.1 Å². The first-order valence-electron chi connectivity index (χ1n) is 5.97. The largest absolute Gasteiger partial charge is 0.370 e. The van der Waals surface area contributed by atoms with Crippen molar-refractivity contribution < 1.29 is 13.3 Å². The van der Waals surface area contributed by atoms with Gasteiger partial charge in [0.2, 0.25) is 15.8 Å². The second kappa shape index (κ2) is 7.01. The van der Waals surface area contributed by atoms with Crippen LogP contribution in [-0.4, -0.2) is 37.2 Å². The Balaban J connectivity index is 2.85. The summed E-state index contributed by atoms with van der Waals surface area (Å²) in [4.78, 5) is 14.3. The fourth-order valence-corrected chi connectivity index (χ4v) is 1.78. The molecule has 10 heteroatoms. The number of primary sulfonamides is 1. The molecule has 1 aromatic rings. The molecule has 0 radical (unpaired) electrons. The van der Waals surface area contributed by atoms with Gasteiger partial charge >= 0.3 is 5.69 Å². The molecule has 0 aliphatic heterocycles. The Morgan fingerprint density at radius 2 is 2.05 bits per heavy atom. The highest BCUT2D eigenvalue weighted by molar-refractivity contribution is 7.89. The molecule has 0 spiro atoms. The Bertz CT molecular complexity index is 575. The Hall–Kier alpha value is -1.94. The van der Waals surface area contributed by atoms with E-state index in [1.54, 1.807) is 0 Å². The molecule has 0 bridgehead atoms. The van der Waals surface area contributed by atoms with Gasteiger partial charge in [-0.2, -0.15) is 0 Å². The molecule has 0 fully saturated rings. The number of rotatable bonds is 8. The fraction of sp³-hybridized carbons (Fsp3) is 0.500. The highest BCUT2D eigenvalue weighted by Gasteiger charge is 2.16. The topological polar surface area (TPSA) is 140 Å². The summed E-state index contributed by atoms with van der Waals surface area (Å²) in [5.41, 5.74) is -0.221. The second-order valence-corrected chi connectivity index (χ2v) is 5.78. The van der Waals surface area contributed by atoms with Crippen LogP contribution in [0.2, 0.25) is 0 Å². The number of hydrogen-bond donors (Lipinski definition) is 3. The smallest absolute Gasteiger partial charge is 0.311 e. The van der Waals surface area contributed by atoms with Crippen LogP contribution in [0.3, 0.4) is 0 Å². The third-order valence-corrected chi connectivity index (χ3v) is 3.08. The molecule has 1 aromatic heterocycles. The summed E-state index contributed by atoms with van der Waals surface area (Å²) in [5.74, 6) is 0.161. The van der Waals surface area contributed by atoms with E-state index in [2.05, 4.69) is 15.6 Å². The van der Waals surface area contributed by atoms with Crippen LogP contribution in [0.5, 0.6) is 0 Å². The van der Waals surface area contributed by atoms with Crippen molar-refractivity contribution in [3.05, 3.63) is 22.2 Å². The zero-order valence-electron chi connectivity index (χ0n) is 11.0. The minimum atomic E-state index is -3.63. The third kappa shape index (κ3) is 5.36. The predicted octanol–water partition coefficient (Wildman–Crippen LogP) is 0.512. The first kappa shape index (κ1) is 16.1. The monoisotopic (exact) mass is 303 g/mol. The van der Waals surface area contributed by atoms with Gasteiger partial charge in [-0.15, -0.1) is 0 Å². The van der Waals surface area contributed by atoms with Crippen LogP contribution in [-0.2, 0) is 10.0 Å². The summed E-state index contributed by atoms with van der Waals surface area (Å²) < 4.78 is 21.6. The SMILES string of the molecule is CCCNc1ccc([N+](=O)[O-])c(NCCS(N)(=O)=O)n1. The summed E-state index contributed by atoms with van der Waals surface area (Å²) in [6, 6.07) is 2.81. The number of anilines is 2. The van der Waals surface area contributed by atoms with Gasteiger partial charge in [0.15, 0.2) is 0 Å². The number of nitrogens with two attached hydrogens (primary N) is 1. The lowest BCUT2D eigenvalue weighted by molar-refractivity contribution is -0.384. The lowest BCUT2D eigenvalue weighted by Gasteiger charge is -2.08. The number of hydrogen-bond acceptors (Lipinski definition) is 7. The van der Waals surface area contributed by atoms with E-state index in [0.717, 1.165) is 6.42 Å². The van der Waals surface area contributed by atoms with Gasteiger partial charge in [-0.3, -0.25) is 10.1 Å². The van der Waals surface area contributed by atoms with Gasteiger partial charge in [-0.25, -0.2) is 18.5 Å². The standard InChI is InChI=1S/C10H17N5O4S/c1-2-5-12-9-4-3-8(15(16)17)10(14-9)13-6-7-20(11,18)19/h3-4H,2,5-7H2,1H3,(H2,11,18,19)(H2,12,13,14). The van der Waals surface area contributed by atoms with Crippen LogP contribution in [0.4, 0.5) is 17.3 Å². The molecular weight excluding hydrogens is 286 g/mol. The minimum absolute atomic E-state index is 0.0137. The zero-order valence-corrected chi connectivity index (χ0v) is 11.8. The maximum atomic E-state index is 10.9. The minimum Gasteiger partial charge on any atom is -0.370 e. The van der Waals surface area contributed by atoms with Crippen molar-refractivity contribution in [3.63, 3.8) is 0 Å². The van der Waals surface area contributed by atoms with E-state index in [9.17, 15) is 18.5 Å². The molecule has 20 heavy (non-hydrogen) atoms. The van der Waals surface area contributed by atoms with Crippen molar-refractivity contribution in [2.45, 2.75) is 13.3 Å². The summed E-state index contributed by atoms with van der Waals surface area (Å²) >= 11 is 0. The molecular formula is C10H17N5O4S. The first-order valence-corrected chi connectivity index (χ1v) is 7.68. The van der Waals surface area contributed by atoms with E-state index < -0.39 is 14.9 Å². The molecule has 112 valence electrons. The lowest BCUT2D eigenvalue weighted by atomic mass is 10.3. The Kier molecular flexibility index (Phi) is 5.65. The van der Waals surface area contributed by atoms with Crippen LogP contribution in [0.15, 0.2) is 12.1 Å². The maximum absolute atomic E-state index is 10.9. The fourth-order valence-electron chi connectivity index (χ4n) is 1.39. The van der Waals surface area contributed by atoms with Gasteiger partial charge in [0.05, 0.1) is 10.7 Å². The molecule has 1 heterocycles. The summed E-state index contributed by atoms with van der Waals surface area (Å²) in [6.45, 7) is 2.61. The predicted molar refractivity (Wildman–Crippen MR) is 76.1 cm³/mol. The van der Waals surface area contributed by atoms with Gasteiger partial charge < -0.3 is 10.6 Å². The van der Waals surface area contributed by atoms with Gasteiger partial charge in [0.1, 0.15) is 5.82 Å². The average molecular weight is 303 g/mol. The Morgan fingerprint density at radius 3 is 2.60 bits per heavy atom. The molecule has 0 amide bonds. The van der Waals surface area contributed by atoms with E-state index in [4.69, 9.17) is 5.14 Å². The van der Waals surface area contributed by atoms with Crippen molar-refractivity contribution in [1.29, 1.82) is 0 Å². The number of aromatic nitrogens is 1. The molecule has 0 atom stereocenters. The van der Waals surface area contributed by atoms with Crippen LogP contribution >= 0.6 is 0 Å². The molecule has 1 rings (SSSR count). The Labute approximate surface area is 116 Å². The van der Waals surface area contributed by atoms with E-state index in [1.807, 2.05) is 6.92 Å². The molecule has 0 aromatic carbocycles. The number of nitrogens with zero attached hydrogens (tertiary/aromatic N) is 2. The van der Waals surface area contributed by atoms with Crippen molar-refractivity contribution in [2.75, 3.05) is 29.5 Å². The zero-order chi connectivity index (χ0) is 15.2. The number of pyridine rings is 1. The molecule has 0 unspecified atom stereocenters.